The van der Waals surface area contributed by atoms with E-state index in [4.69, 9.17) is 4.52 Å². The molecule has 0 spiro atoms. The van der Waals surface area contributed by atoms with E-state index in [1.165, 1.54) is 11.2 Å². The molecule has 1 atom stereocenters. The van der Waals surface area contributed by atoms with Crippen LogP contribution >= 0.6 is 0 Å². The summed E-state index contributed by atoms with van der Waals surface area (Å²) in [4.78, 5) is 17.7. The van der Waals surface area contributed by atoms with Crippen molar-refractivity contribution in [1.29, 1.82) is 0 Å². The monoisotopic (exact) mass is 330 g/mol. The van der Waals surface area contributed by atoms with E-state index in [-0.39, 0.29) is 17.7 Å². The maximum atomic E-state index is 12.2. The maximum Gasteiger partial charge on any atom is 0.249 e. The average Bonchev–Trinajstić information content (AvgIpc) is 2.73. The second kappa shape index (κ2) is 6.74. The zero-order valence-electron chi connectivity index (χ0n) is 13.2. The molecule has 2 heterocycles. The summed E-state index contributed by atoms with van der Waals surface area (Å²) in [7, 11) is -3.28. The Bertz CT molecular complexity index is 628. The van der Waals surface area contributed by atoms with Gasteiger partial charge in [-0.3, -0.25) is 4.79 Å². The molecule has 1 unspecified atom stereocenters. The molecule has 2 rings (SSSR count). The summed E-state index contributed by atoms with van der Waals surface area (Å²) in [5.74, 6) is 0.855. The fourth-order valence-corrected chi connectivity index (χ4v) is 4.17. The van der Waals surface area contributed by atoms with Crippen LogP contribution in [0.5, 0.6) is 0 Å². The smallest absolute Gasteiger partial charge is 0.249 e. The first-order valence-corrected chi connectivity index (χ1v) is 9.01. The van der Waals surface area contributed by atoms with E-state index in [1.807, 2.05) is 6.92 Å². The molecule has 1 aromatic rings. The number of sulfonamides is 1. The van der Waals surface area contributed by atoms with E-state index in [0.717, 1.165) is 0 Å². The molecule has 0 bridgehead atoms. The Morgan fingerprint density at radius 3 is 2.64 bits per heavy atom. The molecular formula is C13H22N4O4S. The largest absolute Gasteiger partial charge is 0.337 e. The van der Waals surface area contributed by atoms with Crippen LogP contribution in [-0.2, 0) is 14.8 Å². The van der Waals surface area contributed by atoms with Crippen LogP contribution in [0.3, 0.4) is 0 Å². The van der Waals surface area contributed by atoms with Crippen LogP contribution in [0.25, 0.3) is 0 Å². The number of carbonyl (C=O) groups is 1. The summed E-state index contributed by atoms with van der Waals surface area (Å²) in [5.41, 5.74) is 0. The van der Waals surface area contributed by atoms with Gasteiger partial charge in [0.15, 0.2) is 5.82 Å². The highest BCUT2D eigenvalue weighted by atomic mass is 32.2. The molecule has 1 fully saturated rings. The minimum Gasteiger partial charge on any atom is -0.337 e. The van der Waals surface area contributed by atoms with Crippen molar-refractivity contribution in [1.82, 2.24) is 19.3 Å². The molecule has 9 heteroatoms. The number of hydrogen-bond donors (Lipinski definition) is 0. The van der Waals surface area contributed by atoms with Crippen LogP contribution in [0.15, 0.2) is 4.52 Å². The van der Waals surface area contributed by atoms with Crippen molar-refractivity contribution in [3.05, 3.63) is 11.7 Å². The van der Waals surface area contributed by atoms with Crippen molar-refractivity contribution in [3.8, 4) is 0 Å². The standard InChI is InChI=1S/C13H22N4O4S/c1-4-9-22(19,20)16-6-5-12(13-14-10(2)15-21-13)17(8-7-16)11(3)18/h12H,4-9H2,1-3H3. The molecule has 22 heavy (non-hydrogen) atoms. The first-order chi connectivity index (χ1) is 10.3. The molecule has 1 amide bonds. The predicted molar refractivity (Wildman–Crippen MR) is 79.4 cm³/mol. The van der Waals surface area contributed by atoms with Crippen LogP contribution in [0, 0.1) is 6.92 Å². The van der Waals surface area contributed by atoms with E-state index >= 15 is 0 Å². The van der Waals surface area contributed by atoms with Gasteiger partial charge in [-0.2, -0.15) is 4.98 Å². The van der Waals surface area contributed by atoms with Gasteiger partial charge in [-0.15, -0.1) is 0 Å². The fraction of sp³-hybridized carbons (Fsp3) is 0.769. The third-order valence-electron chi connectivity index (χ3n) is 3.71. The summed E-state index contributed by atoms with van der Waals surface area (Å²) in [6, 6.07) is -0.375. The van der Waals surface area contributed by atoms with Crippen LogP contribution in [0.2, 0.25) is 0 Å². The van der Waals surface area contributed by atoms with Crippen molar-refractivity contribution in [2.75, 3.05) is 25.4 Å². The van der Waals surface area contributed by atoms with Crippen LogP contribution < -0.4 is 0 Å². The van der Waals surface area contributed by atoms with E-state index in [0.29, 0.717) is 44.2 Å². The minimum atomic E-state index is -3.28. The van der Waals surface area contributed by atoms with Crippen molar-refractivity contribution in [3.63, 3.8) is 0 Å². The minimum absolute atomic E-state index is 0.122. The lowest BCUT2D eigenvalue weighted by atomic mass is 10.2. The molecule has 124 valence electrons. The molecule has 0 saturated carbocycles. The van der Waals surface area contributed by atoms with Gasteiger partial charge in [0.05, 0.1) is 5.75 Å². The summed E-state index contributed by atoms with van der Waals surface area (Å²) in [5, 5.41) is 3.76. The number of aromatic nitrogens is 2. The predicted octanol–water partition coefficient (Wildman–Crippen LogP) is 0.713. The lowest BCUT2D eigenvalue weighted by Crippen LogP contribution is -2.38. The SMILES string of the molecule is CCCS(=O)(=O)N1CCC(c2nc(C)no2)N(C(C)=O)CC1. The van der Waals surface area contributed by atoms with Gasteiger partial charge in [0.1, 0.15) is 6.04 Å². The van der Waals surface area contributed by atoms with Gasteiger partial charge in [-0.05, 0) is 19.8 Å². The summed E-state index contributed by atoms with van der Waals surface area (Å²) >= 11 is 0. The summed E-state index contributed by atoms with van der Waals surface area (Å²) < 4.78 is 31.1. The van der Waals surface area contributed by atoms with Gasteiger partial charge in [0, 0.05) is 26.6 Å². The Morgan fingerprint density at radius 2 is 2.09 bits per heavy atom. The summed E-state index contributed by atoms with van der Waals surface area (Å²) in [6.45, 7) is 5.97. The van der Waals surface area contributed by atoms with E-state index in [1.54, 1.807) is 11.8 Å². The van der Waals surface area contributed by atoms with Gasteiger partial charge in [-0.1, -0.05) is 12.1 Å². The van der Waals surface area contributed by atoms with Crippen LogP contribution in [0.4, 0.5) is 0 Å². The van der Waals surface area contributed by atoms with Gasteiger partial charge in [0.25, 0.3) is 0 Å². The third-order valence-corrected chi connectivity index (χ3v) is 5.78. The van der Waals surface area contributed by atoms with Crippen molar-refractivity contribution in [2.45, 2.75) is 39.7 Å². The van der Waals surface area contributed by atoms with E-state index < -0.39 is 10.0 Å². The lowest BCUT2D eigenvalue weighted by molar-refractivity contribution is -0.131. The van der Waals surface area contributed by atoms with Crippen LogP contribution in [-0.4, -0.2) is 59.1 Å². The number of rotatable bonds is 4. The maximum absolute atomic E-state index is 12.2. The highest BCUT2D eigenvalue weighted by molar-refractivity contribution is 7.89. The van der Waals surface area contributed by atoms with Gasteiger partial charge >= 0.3 is 0 Å². The first kappa shape index (κ1) is 16.9. The number of hydrogen-bond acceptors (Lipinski definition) is 6. The molecule has 1 aliphatic rings. The Kier molecular flexibility index (Phi) is 5.17. The van der Waals surface area contributed by atoms with Crippen molar-refractivity contribution < 1.29 is 17.7 Å². The Morgan fingerprint density at radius 1 is 1.36 bits per heavy atom. The molecule has 1 saturated heterocycles. The van der Waals surface area contributed by atoms with Crippen LogP contribution in [0.1, 0.15) is 44.4 Å². The molecule has 0 radical (unpaired) electrons. The number of aryl methyl sites for hydroxylation is 1. The molecule has 1 aromatic heterocycles. The number of nitrogens with zero attached hydrogens (tertiary/aromatic N) is 4. The Hall–Kier alpha value is -1.48. The van der Waals surface area contributed by atoms with Crippen molar-refractivity contribution in [2.24, 2.45) is 0 Å². The highest BCUT2D eigenvalue weighted by Crippen LogP contribution is 2.26. The fourth-order valence-electron chi connectivity index (χ4n) is 2.66. The second-order valence-corrected chi connectivity index (χ2v) is 7.50. The quantitative estimate of drug-likeness (QED) is 0.807. The third kappa shape index (κ3) is 3.64. The van der Waals surface area contributed by atoms with Gasteiger partial charge < -0.3 is 9.42 Å². The van der Waals surface area contributed by atoms with E-state index in [2.05, 4.69) is 10.1 Å². The zero-order valence-corrected chi connectivity index (χ0v) is 14.0. The molecule has 8 nitrogen and oxygen atoms in total. The molecular weight excluding hydrogens is 308 g/mol. The zero-order chi connectivity index (χ0) is 16.3. The van der Waals surface area contributed by atoms with Gasteiger partial charge in [-0.25, -0.2) is 12.7 Å². The average molecular weight is 330 g/mol. The molecule has 0 aromatic carbocycles. The first-order valence-electron chi connectivity index (χ1n) is 7.40. The Labute approximate surface area is 130 Å². The van der Waals surface area contributed by atoms with Crippen molar-refractivity contribution >= 4 is 15.9 Å². The molecule has 0 N–H and O–H groups in total. The lowest BCUT2D eigenvalue weighted by Gasteiger charge is -2.25. The summed E-state index contributed by atoms with van der Waals surface area (Å²) in [6.07, 6.45) is 1.02. The van der Waals surface area contributed by atoms with Gasteiger partial charge in [0.2, 0.25) is 21.8 Å². The topological polar surface area (TPSA) is 96.6 Å². The molecule has 1 aliphatic heterocycles. The number of carbonyl (C=O) groups excluding carboxylic acids is 1. The second-order valence-electron chi connectivity index (χ2n) is 5.41. The highest BCUT2D eigenvalue weighted by Gasteiger charge is 2.34. The number of amides is 1. The Balaban J connectivity index is 2.23. The molecule has 0 aliphatic carbocycles. The normalized spacial score (nSPS) is 20.9. The van der Waals surface area contributed by atoms with E-state index in [9.17, 15) is 13.2 Å².